The molecule has 8 heteroatoms. The van der Waals surface area contributed by atoms with Gasteiger partial charge in [-0.2, -0.15) is 0 Å². The summed E-state index contributed by atoms with van der Waals surface area (Å²) in [5, 5.41) is 14.4. The molecule has 1 saturated heterocycles. The Morgan fingerprint density at radius 3 is 3.24 bits per heavy atom. The van der Waals surface area contributed by atoms with Crippen molar-refractivity contribution in [1.82, 2.24) is 10.2 Å². The third-order valence-electron chi connectivity index (χ3n) is 2.48. The minimum absolute atomic E-state index is 0.196. The quantitative estimate of drug-likeness (QED) is 0.507. The molecule has 2 heterocycles. The summed E-state index contributed by atoms with van der Waals surface area (Å²) >= 11 is 5.68. The van der Waals surface area contributed by atoms with Crippen LogP contribution in [0.25, 0.3) is 10.4 Å². The molecule has 0 amide bonds. The zero-order valence-electron chi connectivity index (χ0n) is 9.01. The number of rotatable bonds is 4. The Bertz CT molecular complexity index is 441. The van der Waals surface area contributed by atoms with Gasteiger partial charge in [-0.25, -0.2) is 0 Å². The Labute approximate surface area is 103 Å². The van der Waals surface area contributed by atoms with Gasteiger partial charge < -0.3 is 10.1 Å². The van der Waals surface area contributed by atoms with Gasteiger partial charge in [0.2, 0.25) is 0 Å². The van der Waals surface area contributed by atoms with Crippen LogP contribution in [0.2, 0.25) is 5.15 Å². The Hall–Kier alpha value is -1.56. The summed E-state index contributed by atoms with van der Waals surface area (Å²) in [4.78, 5) is 2.72. The van der Waals surface area contributed by atoms with Crippen molar-refractivity contribution in [1.29, 1.82) is 0 Å². The van der Waals surface area contributed by atoms with Crippen molar-refractivity contribution < 1.29 is 4.74 Å². The van der Waals surface area contributed by atoms with E-state index in [0.717, 1.165) is 19.6 Å². The van der Waals surface area contributed by atoms with Gasteiger partial charge in [-0.15, -0.1) is 10.2 Å². The summed E-state index contributed by atoms with van der Waals surface area (Å²) in [6, 6.07) is 1.47. The van der Waals surface area contributed by atoms with Crippen molar-refractivity contribution >= 4 is 23.1 Å². The average molecular weight is 255 g/mol. The summed E-state index contributed by atoms with van der Waals surface area (Å²) in [5.74, 6) is 0.894. The van der Waals surface area contributed by atoms with E-state index >= 15 is 0 Å². The fourth-order valence-corrected chi connectivity index (χ4v) is 1.74. The topological polar surface area (TPSA) is 95.8 Å². The number of nitrogens with one attached hydrogen (secondary N) is 1. The minimum atomic E-state index is 0.196. The van der Waals surface area contributed by atoms with E-state index in [-0.39, 0.29) is 5.15 Å². The first-order valence-corrected chi connectivity index (χ1v) is 5.57. The van der Waals surface area contributed by atoms with Crippen LogP contribution in [0.15, 0.2) is 11.2 Å². The van der Waals surface area contributed by atoms with Gasteiger partial charge in [-0.3, -0.25) is 0 Å². The van der Waals surface area contributed by atoms with Gasteiger partial charge >= 0.3 is 0 Å². The molecule has 0 aromatic carbocycles. The molecule has 1 atom stereocenters. The predicted molar refractivity (Wildman–Crippen MR) is 63.3 cm³/mol. The predicted octanol–water partition coefficient (Wildman–Crippen LogP) is 2.52. The highest BCUT2D eigenvalue weighted by molar-refractivity contribution is 6.29. The van der Waals surface area contributed by atoms with Gasteiger partial charge in [0.25, 0.3) is 0 Å². The Morgan fingerprint density at radius 2 is 2.53 bits per heavy atom. The first kappa shape index (κ1) is 11.9. The number of hydrogen-bond donors (Lipinski definition) is 1. The lowest BCUT2D eigenvalue weighted by Crippen LogP contribution is -2.15. The van der Waals surface area contributed by atoms with Crippen molar-refractivity contribution in [2.75, 3.05) is 25.1 Å². The number of halogens is 1. The van der Waals surface area contributed by atoms with Crippen LogP contribution in [0.3, 0.4) is 0 Å². The fraction of sp³-hybridized carbons (Fsp3) is 0.556. The lowest BCUT2D eigenvalue weighted by atomic mass is 10.1. The molecule has 1 aliphatic rings. The van der Waals surface area contributed by atoms with Crippen molar-refractivity contribution in [3.63, 3.8) is 0 Å². The Balaban J connectivity index is 2.05. The van der Waals surface area contributed by atoms with Crippen LogP contribution < -0.4 is 5.32 Å². The summed E-state index contributed by atoms with van der Waals surface area (Å²) in [6.07, 6.45) is 1.02. The van der Waals surface area contributed by atoms with Gasteiger partial charge in [0.1, 0.15) is 0 Å². The fourth-order valence-electron chi connectivity index (χ4n) is 1.59. The number of hydrogen-bond acceptors (Lipinski definition) is 5. The molecule has 1 fully saturated rings. The van der Waals surface area contributed by atoms with Crippen molar-refractivity contribution in [3.05, 3.63) is 21.7 Å². The van der Waals surface area contributed by atoms with Crippen LogP contribution in [0.4, 0.5) is 11.5 Å². The van der Waals surface area contributed by atoms with E-state index in [0.29, 0.717) is 24.0 Å². The van der Waals surface area contributed by atoms with Gasteiger partial charge in [0, 0.05) is 24.0 Å². The molecule has 1 N–H and O–H groups in total. The van der Waals surface area contributed by atoms with Crippen LogP contribution >= 0.6 is 11.6 Å². The summed E-state index contributed by atoms with van der Waals surface area (Å²) < 4.78 is 5.26. The van der Waals surface area contributed by atoms with E-state index in [2.05, 4.69) is 25.5 Å². The van der Waals surface area contributed by atoms with E-state index in [1.54, 1.807) is 0 Å². The normalized spacial score (nSPS) is 18.8. The number of ether oxygens (including phenoxy) is 1. The van der Waals surface area contributed by atoms with E-state index in [9.17, 15) is 0 Å². The van der Waals surface area contributed by atoms with Crippen molar-refractivity contribution in [2.45, 2.75) is 6.42 Å². The van der Waals surface area contributed by atoms with Crippen molar-refractivity contribution in [3.8, 4) is 0 Å². The van der Waals surface area contributed by atoms with Gasteiger partial charge in [-0.1, -0.05) is 16.7 Å². The summed E-state index contributed by atoms with van der Waals surface area (Å²) in [6.45, 7) is 2.25. The second-order valence-corrected chi connectivity index (χ2v) is 4.09. The van der Waals surface area contributed by atoms with Crippen LogP contribution in [-0.2, 0) is 4.74 Å². The smallest absolute Gasteiger partial charge is 0.158 e. The monoisotopic (exact) mass is 254 g/mol. The highest BCUT2D eigenvalue weighted by Gasteiger charge is 2.16. The number of aromatic nitrogens is 2. The summed E-state index contributed by atoms with van der Waals surface area (Å²) in [7, 11) is 0. The molecule has 0 saturated carbocycles. The molecule has 0 aliphatic carbocycles. The highest BCUT2D eigenvalue weighted by atomic mass is 35.5. The van der Waals surface area contributed by atoms with Gasteiger partial charge in [0.05, 0.1) is 12.3 Å². The molecule has 90 valence electrons. The SMILES string of the molecule is [N-]=[N+]=Nc1cc(Cl)nnc1NC[C@H]1CCOC1. The van der Waals surface area contributed by atoms with E-state index in [1.165, 1.54) is 6.07 Å². The molecule has 1 aromatic heterocycles. The molecule has 0 unspecified atom stereocenters. The number of anilines is 1. The molecule has 1 aromatic rings. The molecule has 1 aliphatic heterocycles. The second kappa shape index (κ2) is 5.67. The Morgan fingerprint density at radius 1 is 1.65 bits per heavy atom. The average Bonchev–Trinajstić information content (AvgIpc) is 2.81. The third-order valence-corrected chi connectivity index (χ3v) is 2.66. The molecular weight excluding hydrogens is 244 g/mol. The number of azide groups is 1. The molecule has 0 radical (unpaired) electrons. The van der Waals surface area contributed by atoms with E-state index in [1.807, 2.05) is 0 Å². The molecular formula is C9H11ClN6O. The molecule has 7 nitrogen and oxygen atoms in total. The van der Waals surface area contributed by atoms with E-state index < -0.39 is 0 Å². The maximum atomic E-state index is 8.43. The second-order valence-electron chi connectivity index (χ2n) is 3.70. The summed E-state index contributed by atoms with van der Waals surface area (Å²) in [5.41, 5.74) is 8.79. The lowest BCUT2D eigenvalue weighted by Gasteiger charge is -2.10. The molecule has 17 heavy (non-hydrogen) atoms. The maximum Gasteiger partial charge on any atom is 0.158 e. The first-order chi connectivity index (χ1) is 8.29. The zero-order valence-corrected chi connectivity index (χ0v) is 9.76. The molecule has 0 bridgehead atoms. The molecule has 0 spiro atoms. The number of nitrogens with zero attached hydrogens (tertiary/aromatic N) is 5. The first-order valence-electron chi connectivity index (χ1n) is 5.19. The van der Waals surface area contributed by atoms with Crippen LogP contribution in [-0.4, -0.2) is 30.0 Å². The Kier molecular flexibility index (Phi) is 3.98. The van der Waals surface area contributed by atoms with Crippen LogP contribution in [0.1, 0.15) is 6.42 Å². The van der Waals surface area contributed by atoms with E-state index in [4.69, 9.17) is 21.9 Å². The lowest BCUT2D eigenvalue weighted by molar-refractivity contribution is 0.187. The third kappa shape index (κ3) is 3.20. The van der Waals surface area contributed by atoms with Crippen LogP contribution in [0.5, 0.6) is 0 Å². The maximum absolute atomic E-state index is 8.43. The zero-order chi connectivity index (χ0) is 12.1. The molecule has 2 rings (SSSR count). The largest absolute Gasteiger partial charge is 0.381 e. The van der Waals surface area contributed by atoms with Gasteiger partial charge in [-0.05, 0) is 18.0 Å². The highest BCUT2D eigenvalue weighted by Crippen LogP contribution is 2.25. The standard InChI is InChI=1S/C9H11ClN6O/c10-8-3-7(13-16-11)9(15-14-8)12-4-6-1-2-17-5-6/h3,6H,1-2,4-5H2,(H,12,15)/t6-/m1/s1. The van der Waals surface area contributed by atoms with Gasteiger partial charge in [0.15, 0.2) is 11.0 Å². The van der Waals surface area contributed by atoms with Crippen LogP contribution in [0, 0.1) is 5.92 Å². The minimum Gasteiger partial charge on any atom is -0.381 e. The van der Waals surface area contributed by atoms with Crippen molar-refractivity contribution in [2.24, 2.45) is 11.0 Å².